The molecule has 3 nitrogen and oxygen atoms in total. The summed E-state index contributed by atoms with van der Waals surface area (Å²) in [6, 6.07) is 0. The molecule has 56 valence electrons. The molecule has 0 saturated heterocycles. The van der Waals surface area contributed by atoms with Crippen LogP contribution in [0.4, 0.5) is 0 Å². The highest BCUT2D eigenvalue weighted by atomic mass is 16.3. The van der Waals surface area contributed by atoms with Gasteiger partial charge in [-0.1, -0.05) is 0 Å². The summed E-state index contributed by atoms with van der Waals surface area (Å²) in [5.41, 5.74) is 0. The Morgan fingerprint density at radius 1 is 1.56 bits per heavy atom. The van der Waals surface area contributed by atoms with Crippen molar-refractivity contribution in [3.8, 4) is 0 Å². The third-order valence-electron chi connectivity index (χ3n) is 0.951. The lowest BCUT2D eigenvalue weighted by Gasteiger charge is -2.04. The zero-order valence-electron chi connectivity index (χ0n) is 5.80. The van der Waals surface area contributed by atoms with E-state index in [9.17, 15) is 0 Å². The van der Waals surface area contributed by atoms with Gasteiger partial charge in [-0.2, -0.15) is 0 Å². The normalized spacial score (nSPS) is 13.7. The molecule has 0 aliphatic rings. The average molecular weight is 133 g/mol. The predicted molar refractivity (Wildman–Crippen MR) is 36.3 cm³/mol. The fourth-order valence-corrected chi connectivity index (χ4v) is 0.515. The van der Waals surface area contributed by atoms with Crippen LogP contribution in [0.1, 0.15) is 13.3 Å². The maximum atomic E-state index is 8.73. The van der Waals surface area contributed by atoms with Crippen LogP contribution in [-0.4, -0.2) is 36.0 Å². The van der Waals surface area contributed by atoms with Crippen molar-refractivity contribution in [1.29, 1.82) is 0 Å². The smallest absolute Gasteiger partial charge is 0.0636 e. The number of aliphatic hydroxyl groups excluding tert-OH is 2. The van der Waals surface area contributed by atoms with Crippen molar-refractivity contribution in [2.45, 2.75) is 19.4 Å². The van der Waals surface area contributed by atoms with E-state index in [4.69, 9.17) is 10.2 Å². The summed E-state index contributed by atoms with van der Waals surface area (Å²) < 4.78 is 0. The van der Waals surface area contributed by atoms with Crippen molar-refractivity contribution in [2.75, 3.05) is 19.7 Å². The standard InChI is InChI=1S/C6H15NO2/c1-6(9)5-7-3-2-4-8/h6-9H,2-5H2,1H3/t6-/m0/s1. The van der Waals surface area contributed by atoms with Gasteiger partial charge in [0.1, 0.15) is 0 Å². The number of aliphatic hydroxyl groups is 2. The molecule has 0 bridgehead atoms. The molecule has 3 heteroatoms. The Balaban J connectivity index is 2.75. The Kier molecular flexibility index (Phi) is 5.93. The molecule has 0 aromatic heterocycles. The van der Waals surface area contributed by atoms with Gasteiger partial charge >= 0.3 is 0 Å². The number of nitrogens with one attached hydrogen (secondary N) is 1. The van der Waals surface area contributed by atoms with Crippen LogP contribution in [-0.2, 0) is 0 Å². The highest BCUT2D eigenvalue weighted by molar-refractivity contribution is 4.51. The molecule has 0 amide bonds. The van der Waals surface area contributed by atoms with E-state index >= 15 is 0 Å². The van der Waals surface area contributed by atoms with Gasteiger partial charge in [-0.25, -0.2) is 0 Å². The molecule has 0 rings (SSSR count). The molecule has 0 radical (unpaired) electrons. The second-order valence-electron chi connectivity index (χ2n) is 2.13. The lowest BCUT2D eigenvalue weighted by Crippen LogP contribution is -2.25. The van der Waals surface area contributed by atoms with Gasteiger partial charge in [-0.15, -0.1) is 0 Å². The molecule has 0 saturated carbocycles. The molecule has 0 heterocycles. The molecule has 0 aliphatic carbocycles. The highest BCUT2D eigenvalue weighted by Crippen LogP contribution is 1.75. The fraction of sp³-hybridized carbons (Fsp3) is 1.00. The van der Waals surface area contributed by atoms with Crippen LogP contribution in [0.15, 0.2) is 0 Å². The molecule has 3 N–H and O–H groups in total. The summed E-state index contributed by atoms with van der Waals surface area (Å²) in [6.45, 7) is 3.33. The van der Waals surface area contributed by atoms with E-state index in [0.29, 0.717) is 6.54 Å². The monoisotopic (exact) mass is 133 g/mol. The Hall–Kier alpha value is -0.120. The van der Waals surface area contributed by atoms with Crippen molar-refractivity contribution >= 4 is 0 Å². The first-order chi connectivity index (χ1) is 4.27. The second-order valence-corrected chi connectivity index (χ2v) is 2.13. The highest BCUT2D eigenvalue weighted by Gasteiger charge is 1.91. The Labute approximate surface area is 55.7 Å². The first-order valence-corrected chi connectivity index (χ1v) is 3.27. The van der Waals surface area contributed by atoms with E-state index in [2.05, 4.69) is 5.32 Å². The Morgan fingerprint density at radius 2 is 2.22 bits per heavy atom. The summed E-state index contributed by atoms with van der Waals surface area (Å²) in [4.78, 5) is 0. The van der Waals surface area contributed by atoms with Gasteiger partial charge in [-0.05, 0) is 19.9 Å². The van der Waals surface area contributed by atoms with Crippen LogP contribution in [0.5, 0.6) is 0 Å². The minimum absolute atomic E-state index is 0.215. The molecule has 1 atom stereocenters. The van der Waals surface area contributed by atoms with Crippen LogP contribution in [0.25, 0.3) is 0 Å². The Morgan fingerprint density at radius 3 is 2.67 bits per heavy atom. The van der Waals surface area contributed by atoms with Crippen LogP contribution in [0.2, 0.25) is 0 Å². The van der Waals surface area contributed by atoms with E-state index in [1.54, 1.807) is 6.92 Å². The molecule has 9 heavy (non-hydrogen) atoms. The van der Waals surface area contributed by atoms with E-state index < -0.39 is 0 Å². The molecule has 0 fully saturated rings. The van der Waals surface area contributed by atoms with Gasteiger partial charge in [0.05, 0.1) is 6.10 Å². The molecule has 0 aliphatic heterocycles. The third kappa shape index (κ3) is 7.88. The summed E-state index contributed by atoms with van der Waals surface area (Å²) in [5.74, 6) is 0. The Bertz CT molecular complexity index is 57.0. The number of rotatable bonds is 5. The minimum atomic E-state index is -0.288. The van der Waals surface area contributed by atoms with E-state index in [1.807, 2.05) is 0 Å². The SMILES string of the molecule is C[C@H](O)CNCCCO. The first-order valence-electron chi connectivity index (χ1n) is 3.27. The maximum absolute atomic E-state index is 8.73. The zero-order chi connectivity index (χ0) is 7.11. The fourth-order valence-electron chi connectivity index (χ4n) is 0.515. The van der Waals surface area contributed by atoms with Crippen LogP contribution < -0.4 is 5.32 Å². The second kappa shape index (κ2) is 6.01. The predicted octanol–water partition coefficient (Wildman–Crippen LogP) is -0.661. The lowest BCUT2D eigenvalue weighted by molar-refractivity contribution is 0.189. The topological polar surface area (TPSA) is 52.5 Å². The van der Waals surface area contributed by atoms with Gasteiger partial charge in [0.25, 0.3) is 0 Å². The van der Waals surface area contributed by atoms with Gasteiger partial charge in [0.2, 0.25) is 0 Å². The molecular weight excluding hydrogens is 118 g/mol. The van der Waals surface area contributed by atoms with Crippen molar-refractivity contribution < 1.29 is 10.2 Å². The van der Waals surface area contributed by atoms with Gasteiger partial charge in [-0.3, -0.25) is 0 Å². The van der Waals surface area contributed by atoms with E-state index in [0.717, 1.165) is 13.0 Å². The molecule has 0 aromatic carbocycles. The van der Waals surface area contributed by atoms with Crippen molar-refractivity contribution in [3.63, 3.8) is 0 Å². The number of hydrogen-bond donors (Lipinski definition) is 3. The lowest BCUT2D eigenvalue weighted by atomic mass is 10.4. The van der Waals surface area contributed by atoms with Crippen LogP contribution in [0, 0.1) is 0 Å². The van der Waals surface area contributed by atoms with Crippen molar-refractivity contribution in [1.82, 2.24) is 5.32 Å². The minimum Gasteiger partial charge on any atom is -0.396 e. The largest absolute Gasteiger partial charge is 0.396 e. The van der Waals surface area contributed by atoms with Gasteiger partial charge < -0.3 is 15.5 Å². The van der Waals surface area contributed by atoms with Crippen LogP contribution >= 0.6 is 0 Å². The molecule has 0 spiro atoms. The van der Waals surface area contributed by atoms with E-state index in [-0.39, 0.29) is 12.7 Å². The third-order valence-corrected chi connectivity index (χ3v) is 0.951. The average Bonchev–Trinajstić information content (AvgIpc) is 1.80. The zero-order valence-corrected chi connectivity index (χ0v) is 5.80. The summed E-state index contributed by atoms with van der Waals surface area (Å²) >= 11 is 0. The summed E-state index contributed by atoms with van der Waals surface area (Å²) in [6.07, 6.45) is 0.468. The molecule has 0 unspecified atom stereocenters. The first kappa shape index (κ1) is 8.88. The molecular formula is C6H15NO2. The molecule has 0 aromatic rings. The van der Waals surface area contributed by atoms with Gasteiger partial charge in [0.15, 0.2) is 0 Å². The summed E-state index contributed by atoms with van der Waals surface area (Å²) in [7, 11) is 0. The van der Waals surface area contributed by atoms with Crippen molar-refractivity contribution in [3.05, 3.63) is 0 Å². The quantitative estimate of drug-likeness (QED) is 0.436. The number of hydrogen-bond acceptors (Lipinski definition) is 3. The van der Waals surface area contributed by atoms with Gasteiger partial charge in [0, 0.05) is 13.2 Å². The van der Waals surface area contributed by atoms with Crippen molar-refractivity contribution in [2.24, 2.45) is 0 Å². The summed E-state index contributed by atoms with van der Waals surface area (Å²) in [5, 5.41) is 20.0. The van der Waals surface area contributed by atoms with Crippen LogP contribution in [0.3, 0.4) is 0 Å². The maximum Gasteiger partial charge on any atom is 0.0636 e. The van der Waals surface area contributed by atoms with E-state index in [1.165, 1.54) is 0 Å².